The van der Waals surface area contributed by atoms with Crippen LogP contribution in [0.5, 0.6) is 0 Å². The third-order valence-corrected chi connectivity index (χ3v) is 2.59. The number of allylic oxidation sites excluding steroid dienone is 4. The fraction of sp³-hybridized carbons (Fsp3) is 0.643. The molecule has 1 heteroatoms. The van der Waals surface area contributed by atoms with Gasteiger partial charge in [-0.3, -0.25) is 4.99 Å². The third kappa shape index (κ3) is 8.17. The molecule has 0 heterocycles. The molecule has 0 fully saturated rings. The molecule has 0 saturated heterocycles. The van der Waals surface area contributed by atoms with Gasteiger partial charge in [-0.1, -0.05) is 24.6 Å². The molecule has 1 aliphatic carbocycles. The Morgan fingerprint density at radius 1 is 1.47 bits per heavy atom. The molecule has 0 amide bonds. The lowest BCUT2D eigenvalue weighted by atomic mass is 10.0. The lowest BCUT2D eigenvalue weighted by Gasteiger charge is -2.05. The SMILES string of the molecule is C/C=C(\C=NC)CC.CC1=CCCCC1. The zero-order chi connectivity index (χ0) is 11.5. The monoisotopic (exact) mass is 207 g/mol. The maximum Gasteiger partial charge on any atom is 0.0277 e. The van der Waals surface area contributed by atoms with Gasteiger partial charge >= 0.3 is 0 Å². The Morgan fingerprint density at radius 2 is 2.20 bits per heavy atom. The fourth-order valence-corrected chi connectivity index (χ4v) is 1.53. The van der Waals surface area contributed by atoms with E-state index < -0.39 is 0 Å². The highest BCUT2D eigenvalue weighted by Gasteiger charge is 1.95. The van der Waals surface area contributed by atoms with Crippen molar-refractivity contribution >= 4 is 6.21 Å². The summed E-state index contributed by atoms with van der Waals surface area (Å²) in [5.74, 6) is 0. The van der Waals surface area contributed by atoms with E-state index in [2.05, 4.69) is 31.0 Å². The normalized spacial score (nSPS) is 17.1. The Hall–Kier alpha value is -0.850. The molecule has 1 aliphatic rings. The number of hydrogen-bond donors (Lipinski definition) is 0. The van der Waals surface area contributed by atoms with Crippen molar-refractivity contribution < 1.29 is 0 Å². The first-order valence-corrected chi connectivity index (χ1v) is 5.97. The number of nitrogens with zero attached hydrogens (tertiary/aromatic N) is 1. The minimum Gasteiger partial charge on any atom is -0.296 e. The van der Waals surface area contributed by atoms with Crippen LogP contribution >= 0.6 is 0 Å². The lowest BCUT2D eigenvalue weighted by Crippen LogP contribution is -1.85. The summed E-state index contributed by atoms with van der Waals surface area (Å²) in [6.45, 7) is 6.37. The first-order valence-electron chi connectivity index (χ1n) is 5.97. The summed E-state index contributed by atoms with van der Waals surface area (Å²) < 4.78 is 0. The summed E-state index contributed by atoms with van der Waals surface area (Å²) in [4.78, 5) is 3.88. The van der Waals surface area contributed by atoms with Crippen LogP contribution in [0.2, 0.25) is 0 Å². The maximum absolute atomic E-state index is 3.88. The molecule has 0 N–H and O–H groups in total. The van der Waals surface area contributed by atoms with Crippen molar-refractivity contribution in [3.05, 3.63) is 23.3 Å². The van der Waals surface area contributed by atoms with E-state index in [-0.39, 0.29) is 0 Å². The molecule has 0 bridgehead atoms. The van der Waals surface area contributed by atoms with Crippen molar-refractivity contribution in [1.82, 2.24) is 0 Å². The van der Waals surface area contributed by atoms with Gasteiger partial charge in [0.2, 0.25) is 0 Å². The largest absolute Gasteiger partial charge is 0.296 e. The highest BCUT2D eigenvalue weighted by molar-refractivity contribution is 5.77. The molecule has 0 spiro atoms. The van der Waals surface area contributed by atoms with E-state index in [1.54, 1.807) is 12.6 Å². The molecule has 0 saturated carbocycles. The van der Waals surface area contributed by atoms with Crippen molar-refractivity contribution in [2.75, 3.05) is 7.05 Å². The molecule has 1 rings (SSSR count). The molecule has 0 aromatic heterocycles. The molecule has 0 aromatic carbocycles. The molecule has 0 radical (unpaired) electrons. The smallest absolute Gasteiger partial charge is 0.0277 e. The second kappa shape index (κ2) is 9.70. The van der Waals surface area contributed by atoms with Gasteiger partial charge in [-0.25, -0.2) is 0 Å². The minimum atomic E-state index is 1.08. The number of hydrogen-bond acceptors (Lipinski definition) is 1. The van der Waals surface area contributed by atoms with E-state index in [0.717, 1.165) is 6.42 Å². The van der Waals surface area contributed by atoms with Crippen LogP contribution in [-0.2, 0) is 0 Å². The Balaban J connectivity index is 0.000000262. The Morgan fingerprint density at radius 3 is 2.40 bits per heavy atom. The molecule has 0 unspecified atom stereocenters. The molecule has 1 nitrogen and oxygen atoms in total. The second-order valence-electron chi connectivity index (χ2n) is 3.90. The Bertz CT molecular complexity index is 231. The lowest BCUT2D eigenvalue weighted by molar-refractivity contribution is 0.702. The van der Waals surface area contributed by atoms with Crippen molar-refractivity contribution in [2.45, 2.75) is 52.9 Å². The van der Waals surface area contributed by atoms with Gasteiger partial charge in [0.05, 0.1) is 0 Å². The summed E-state index contributed by atoms with van der Waals surface area (Å²) in [7, 11) is 1.79. The number of rotatable bonds is 2. The minimum absolute atomic E-state index is 1.08. The zero-order valence-corrected chi connectivity index (χ0v) is 10.7. The summed E-state index contributed by atoms with van der Waals surface area (Å²) in [6.07, 6.45) is 12.9. The van der Waals surface area contributed by atoms with Gasteiger partial charge in [0.25, 0.3) is 0 Å². The Labute approximate surface area is 95.0 Å². The van der Waals surface area contributed by atoms with Gasteiger partial charge in [-0.2, -0.15) is 0 Å². The van der Waals surface area contributed by atoms with Crippen molar-refractivity contribution in [3.8, 4) is 0 Å². The van der Waals surface area contributed by atoms with Crippen molar-refractivity contribution in [1.29, 1.82) is 0 Å². The molecule has 0 aromatic rings. The highest BCUT2D eigenvalue weighted by Crippen LogP contribution is 2.15. The van der Waals surface area contributed by atoms with Gasteiger partial charge in [0.15, 0.2) is 0 Å². The fourth-order valence-electron chi connectivity index (χ4n) is 1.53. The van der Waals surface area contributed by atoms with Crippen molar-refractivity contribution in [3.63, 3.8) is 0 Å². The van der Waals surface area contributed by atoms with Crippen LogP contribution in [0.3, 0.4) is 0 Å². The molecule has 86 valence electrons. The van der Waals surface area contributed by atoms with Crippen molar-refractivity contribution in [2.24, 2.45) is 4.99 Å². The highest BCUT2D eigenvalue weighted by atomic mass is 14.6. The van der Waals surface area contributed by atoms with E-state index >= 15 is 0 Å². The summed E-state index contributed by atoms with van der Waals surface area (Å²) in [6, 6.07) is 0. The zero-order valence-electron chi connectivity index (χ0n) is 10.7. The van der Waals surface area contributed by atoms with E-state index in [4.69, 9.17) is 0 Å². The molecule has 0 atom stereocenters. The standard InChI is InChI=1S/C7H13N.C7H12/c1-4-7(5-2)6-8-3;1-7-5-3-2-4-6-7/h4,6H,5H2,1-3H3;5H,2-4,6H2,1H3/b7-4-,8-6?;. The predicted octanol–water partition coefficient (Wildman–Crippen LogP) is 4.55. The predicted molar refractivity (Wildman–Crippen MR) is 70.7 cm³/mol. The van der Waals surface area contributed by atoms with Crippen LogP contribution in [0.25, 0.3) is 0 Å². The number of aliphatic imine (C=N–C) groups is 1. The second-order valence-corrected chi connectivity index (χ2v) is 3.90. The topological polar surface area (TPSA) is 12.4 Å². The van der Waals surface area contributed by atoms with Crippen LogP contribution in [0.15, 0.2) is 28.3 Å². The summed E-state index contributed by atoms with van der Waals surface area (Å²) in [5, 5.41) is 0. The van der Waals surface area contributed by atoms with E-state index in [1.165, 1.54) is 31.3 Å². The quantitative estimate of drug-likeness (QED) is 0.465. The van der Waals surface area contributed by atoms with Gasteiger partial charge in [0.1, 0.15) is 0 Å². The van der Waals surface area contributed by atoms with Gasteiger partial charge < -0.3 is 0 Å². The average molecular weight is 207 g/mol. The van der Waals surface area contributed by atoms with Crippen LogP contribution in [0.4, 0.5) is 0 Å². The Kier molecular flexibility index (Phi) is 9.15. The van der Waals surface area contributed by atoms with Gasteiger partial charge in [0, 0.05) is 13.3 Å². The van der Waals surface area contributed by atoms with E-state index in [0.29, 0.717) is 0 Å². The van der Waals surface area contributed by atoms with Gasteiger partial charge in [-0.15, -0.1) is 0 Å². The molecule has 15 heavy (non-hydrogen) atoms. The van der Waals surface area contributed by atoms with Crippen LogP contribution in [-0.4, -0.2) is 13.3 Å². The third-order valence-electron chi connectivity index (χ3n) is 2.59. The van der Waals surface area contributed by atoms with Crippen LogP contribution in [0.1, 0.15) is 52.9 Å². The summed E-state index contributed by atoms with van der Waals surface area (Å²) >= 11 is 0. The molecule has 0 aliphatic heterocycles. The molecular formula is C14H25N. The summed E-state index contributed by atoms with van der Waals surface area (Å²) in [5.41, 5.74) is 2.89. The van der Waals surface area contributed by atoms with Crippen LogP contribution < -0.4 is 0 Å². The van der Waals surface area contributed by atoms with Crippen LogP contribution in [0, 0.1) is 0 Å². The van der Waals surface area contributed by atoms with Gasteiger partial charge in [-0.05, 0) is 51.5 Å². The average Bonchev–Trinajstić information content (AvgIpc) is 2.28. The van der Waals surface area contributed by atoms with E-state index in [9.17, 15) is 0 Å². The molecular weight excluding hydrogens is 182 g/mol. The first kappa shape index (κ1) is 14.2. The van der Waals surface area contributed by atoms with E-state index in [1.807, 2.05) is 13.1 Å². The maximum atomic E-state index is 3.88. The first-order chi connectivity index (χ1) is 7.24.